The van der Waals surface area contributed by atoms with Crippen LogP contribution in [0.25, 0.3) is 5.70 Å². The van der Waals surface area contributed by atoms with Gasteiger partial charge in [0.25, 0.3) is 0 Å². The molecule has 2 heterocycles. The van der Waals surface area contributed by atoms with Crippen molar-refractivity contribution in [3.63, 3.8) is 0 Å². The van der Waals surface area contributed by atoms with Gasteiger partial charge in [0.2, 0.25) is 0 Å². The molecule has 0 spiro atoms. The summed E-state index contributed by atoms with van der Waals surface area (Å²) >= 11 is 1.97. The molecule has 16 heavy (non-hydrogen) atoms. The first-order valence-corrected chi connectivity index (χ1v) is 7.03. The third kappa shape index (κ3) is 1.96. The Balaban J connectivity index is 1.76. The lowest BCUT2D eigenvalue weighted by atomic mass is 9.88. The highest BCUT2D eigenvalue weighted by atomic mass is 32.1. The summed E-state index contributed by atoms with van der Waals surface area (Å²) in [6.45, 7) is 0.867. The van der Waals surface area contributed by atoms with Crippen LogP contribution < -0.4 is 10.6 Å². The third-order valence-corrected chi connectivity index (χ3v) is 4.81. The van der Waals surface area contributed by atoms with Crippen molar-refractivity contribution in [2.45, 2.75) is 38.0 Å². The highest BCUT2D eigenvalue weighted by Crippen LogP contribution is 2.37. The molecule has 3 rings (SSSR count). The molecule has 2 aliphatic rings. The van der Waals surface area contributed by atoms with Crippen LogP contribution in [0, 0.1) is 0 Å². The molecule has 1 fully saturated rings. The van der Waals surface area contributed by atoms with Crippen LogP contribution in [-0.2, 0) is 0 Å². The zero-order valence-corrected chi connectivity index (χ0v) is 10.3. The molecule has 0 unspecified atom stereocenters. The maximum atomic E-state index is 3.35. The molecule has 0 saturated heterocycles. The lowest BCUT2D eigenvalue weighted by Crippen LogP contribution is -2.13. The van der Waals surface area contributed by atoms with Gasteiger partial charge in [-0.25, -0.2) is 0 Å². The maximum Gasteiger partial charge on any atom is 0.0846 e. The second-order valence-electron chi connectivity index (χ2n) is 4.65. The molecular weight excluding hydrogens is 216 g/mol. The van der Waals surface area contributed by atoms with E-state index in [1.54, 1.807) is 4.88 Å². The van der Waals surface area contributed by atoms with Gasteiger partial charge in [0.15, 0.2) is 0 Å². The largest absolute Gasteiger partial charge is 0.372 e. The standard InChI is InChI=1S/C13H18N2S/c1-2-4-10(5-3-1)12-6-7-13(16-12)11-8-14-9-15-11/h6-8,10,14-15H,1-5,9H2. The fourth-order valence-corrected chi connectivity index (χ4v) is 3.78. The van der Waals surface area contributed by atoms with E-state index >= 15 is 0 Å². The highest BCUT2D eigenvalue weighted by Gasteiger charge is 2.18. The van der Waals surface area contributed by atoms with E-state index in [0.717, 1.165) is 12.6 Å². The number of thiophene rings is 1. The number of rotatable bonds is 2. The van der Waals surface area contributed by atoms with E-state index in [-0.39, 0.29) is 0 Å². The number of hydrogen-bond acceptors (Lipinski definition) is 3. The molecule has 1 aromatic rings. The molecule has 2 nitrogen and oxygen atoms in total. The van der Waals surface area contributed by atoms with Gasteiger partial charge in [-0.2, -0.15) is 0 Å². The van der Waals surface area contributed by atoms with Gasteiger partial charge in [-0.3, -0.25) is 0 Å². The minimum atomic E-state index is 0.836. The van der Waals surface area contributed by atoms with Gasteiger partial charge in [-0.05, 0) is 30.9 Å². The highest BCUT2D eigenvalue weighted by molar-refractivity contribution is 7.13. The van der Waals surface area contributed by atoms with E-state index in [4.69, 9.17) is 0 Å². The van der Waals surface area contributed by atoms with Crippen molar-refractivity contribution in [2.75, 3.05) is 6.67 Å². The number of hydrogen-bond donors (Lipinski definition) is 2. The summed E-state index contributed by atoms with van der Waals surface area (Å²) in [6.07, 6.45) is 9.14. The van der Waals surface area contributed by atoms with Crippen LogP contribution in [0.1, 0.15) is 47.8 Å². The van der Waals surface area contributed by atoms with Crippen molar-refractivity contribution >= 4 is 17.0 Å². The lowest BCUT2D eigenvalue weighted by molar-refractivity contribution is 0.448. The van der Waals surface area contributed by atoms with Gasteiger partial charge in [-0.15, -0.1) is 11.3 Å². The molecular formula is C13H18N2S. The Bertz CT molecular complexity index is 388. The van der Waals surface area contributed by atoms with Crippen LogP contribution in [0.15, 0.2) is 18.3 Å². The molecule has 0 aromatic carbocycles. The summed E-state index contributed by atoms with van der Waals surface area (Å²) in [4.78, 5) is 2.97. The molecule has 0 amide bonds. The van der Waals surface area contributed by atoms with Crippen molar-refractivity contribution in [3.8, 4) is 0 Å². The van der Waals surface area contributed by atoms with Crippen molar-refractivity contribution < 1.29 is 0 Å². The van der Waals surface area contributed by atoms with Crippen LogP contribution in [0.4, 0.5) is 0 Å². The average molecular weight is 234 g/mol. The maximum absolute atomic E-state index is 3.35. The van der Waals surface area contributed by atoms with Gasteiger partial charge in [-0.1, -0.05) is 19.3 Å². The lowest BCUT2D eigenvalue weighted by Gasteiger charge is -2.19. The Hall–Kier alpha value is -0.960. The summed E-state index contributed by atoms with van der Waals surface area (Å²) in [5.41, 5.74) is 1.26. The zero-order chi connectivity index (χ0) is 10.8. The van der Waals surface area contributed by atoms with Crippen LogP contribution >= 0.6 is 11.3 Å². The van der Waals surface area contributed by atoms with Crippen LogP contribution in [-0.4, -0.2) is 6.67 Å². The monoisotopic (exact) mass is 234 g/mol. The minimum absolute atomic E-state index is 0.836. The Morgan fingerprint density at radius 2 is 2.00 bits per heavy atom. The Labute approximate surface area is 101 Å². The van der Waals surface area contributed by atoms with Gasteiger partial charge in [0.1, 0.15) is 0 Å². The van der Waals surface area contributed by atoms with E-state index in [0.29, 0.717) is 0 Å². The molecule has 1 aliphatic heterocycles. The van der Waals surface area contributed by atoms with Gasteiger partial charge in [0.05, 0.1) is 17.2 Å². The molecule has 1 saturated carbocycles. The molecule has 0 radical (unpaired) electrons. The molecule has 3 heteroatoms. The summed E-state index contributed by atoms with van der Waals surface area (Å²) in [7, 11) is 0. The average Bonchev–Trinajstić information content (AvgIpc) is 3.01. The first-order chi connectivity index (χ1) is 7.93. The quantitative estimate of drug-likeness (QED) is 0.821. The van der Waals surface area contributed by atoms with E-state index in [2.05, 4.69) is 29.0 Å². The molecule has 2 N–H and O–H groups in total. The Morgan fingerprint density at radius 3 is 2.75 bits per heavy atom. The fraction of sp³-hybridized carbons (Fsp3) is 0.538. The second kappa shape index (κ2) is 4.50. The molecule has 0 bridgehead atoms. The van der Waals surface area contributed by atoms with E-state index < -0.39 is 0 Å². The molecule has 1 aromatic heterocycles. The van der Waals surface area contributed by atoms with E-state index in [1.165, 1.54) is 42.7 Å². The Morgan fingerprint density at radius 1 is 1.12 bits per heavy atom. The first-order valence-electron chi connectivity index (χ1n) is 6.21. The topological polar surface area (TPSA) is 24.1 Å². The number of nitrogens with one attached hydrogen (secondary N) is 2. The van der Waals surface area contributed by atoms with Crippen molar-refractivity contribution in [3.05, 3.63) is 28.1 Å². The molecule has 86 valence electrons. The SMILES string of the molecule is C1=C(c2ccc(C3CCCCC3)s2)NCN1. The molecule has 0 atom stereocenters. The zero-order valence-electron chi connectivity index (χ0n) is 9.46. The second-order valence-corrected chi connectivity index (χ2v) is 5.77. The van der Waals surface area contributed by atoms with Gasteiger partial charge < -0.3 is 10.6 Å². The van der Waals surface area contributed by atoms with E-state index in [9.17, 15) is 0 Å². The summed E-state index contributed by atoms with van der Waals surface area (Å²) < 4.78 is 0. The van der Waals surface area contributed by atoms with Gasteiger partial charge in [0, 0.05) is 11.1 Å². The summed E-state index contributed by atoms with van der Waals surface area (Å²) in [5, 5.41) is 6.54. The van der Waals surface area contributed by atoms with Crippen LogP contribution in [0.2, 0.25) is 0 Å². The normalized spacial score (nSPS) is 21.4. The molecule has 1 aliphatic carbocycles. The van der Waals surface area contributed by atoms with Gasteiger partial charge >= 0.3 is 0 Å². The summed E-state index contributed by atoms with van der Waals surface area (Å²) in [5.74, 6) is 0.836. The Kier molecular flexibility index (Phi) is 2.87. The fourth-order valence-electron chi connectivity index (χ4n) is 2.61. The van der Waals surface area contributed by atoms with Crippen molar-refractivity contribution in [1.82, 2.24) is 10.6 Å². The van der Waals surface area contributed by atoms with Crippen LogP contribution in [0.5, 0.6) is 0 Å². The van der Waals surface area contributed by atoms with Crippen LogP contribution in [0.3, 0.4) is 0 Å². The smallest absolute Gasteiger partial charge is 0.0846 e. The van der Waals surface area contributed by atoms with E-state index in [1.807, 2.05) is 11.3 Å². The predicted octanol–water partition coefficient (Wildman–Crippen LogP) is 3.24. The first kappa shape index (κ1) is 10.2. The predicted molar refractivity (Wildman–Crippen MR) is 69.3 cm³/mol. The summed E-state index contributed by atoms with van der Waals surface area (Å²) in [6, 6.07) is 4.59. The van der Waals surface area contributed by atoms with Crippen molar-refractivity contribution in [2.24, 2.45) is 0 Å². The van der Waals surface area contributed by atoms with Crippen molar-refractivity contribution in [1.29, 1.82) is 0 Å². The third-order valence-electron chi connectivity index (χ3n) is 3.53. The minimum Gasteiger partial charge on any atom is -0.372 e.